The van der Waals surface area contributed by atoms with Gasteiger partial charge in [-0.25, -0.2) is 0 Å². The molecule has 0 radical (unpaired) electrons. The molecule has 0 amide bonds. The van der Waals surface area contributed by atoms with Crippen LogP contribution >= 0.6 is 0 Å². The Morgan fingerprint density at radius 3 is 3.00 bits per heavy atom. The lowest BCUT2D eigenvalue weighted by atomic mass is 10.1. The fraction of sp³-hybridized carbons (Fsp3) is 0.333. The second-order valence-corrected chi connectivity index (χ2v) is 3.16. The Bertz CT molecular complexity index is 389. The summed E-state index contributed by atoms with van der Waals surface area (Å²) < 4.78 is 0. The Kier molecular flexibility index (Phi) is 1.57. The van der Waals surface area contributed by atoms with Crippen LogP contribution in [0.3, 0.4) is 0 Å². The van der Waals surface area contributed by atoms with Crippen LogP contribution in [-0.4, -0.2) is 15.2 Å². The molecule has 1 N–H and O–H groups in total. The summed E-state index contributed by atoms with van der Waals surface area (Å²) in [7, 11) is 0. The van der Waals surface area contributed by atoms with Crippen molar-refractivity contribution in [3.63, 3.8) is 0 Å². The van der Waals surface area contributed by atoms with Crippen LogP contribution in [-0.2, 0) is 0 Å². The molecule has 12 heavy (non-hydrogen) atoms. The van der Waals surface area contributed by atoms with Crippen molar-refractivity contribution in [3.05, 3.63) is 24.0 Å². The maximum atomic E-state index is 4.27. The highest BCUT2D eigenvalue weighted by atomic mass is 15.1. The molecular formula is C9H11N3. The number of nitrogens with zero attached hydrogens (tertiary/aromatic N) is 2. The lowest BCUT2D eigenvalue weighted by molar-refractivity contribution is 0.815. The van der Waals surface area contributed by atoms with E-state index in [2.05, 4.69) is 29.0 Å². The minimum atomic E-state index is 0.449. The molecule has 2 aromatic heterocycles. The summed E-state index contributed by atoms with van der Waals surface area (Å²) in [6.45, 7) is 4.25. The summed E-state index contributed by atoms with van der Waals surface area (Å²) in [6, 6.07) is 3.86. The zero-order chi connectivity index (χ0) is 8.55. The number of H-pyrrole nitrogens is 1. The van der Waals surface area contributed by atoms with Gasteiger partial charge in [0.25, 0.3) is 0 Å². The van der Waals surface area contributed by atoms with Crippen molar-refractivity contribution < 1.29 is 0 Å². The predicted octanol–water partition coefficient (Wildman–Crippen LogP) is 2.08. The van der Waals surface area contributed by atoms with Gasteiger partial charge < -0.3 is 0 Å². The highest BCUT2D eigenvalue weighted by Gasteiger charge is 2.08. The molecule has 0 bridgehead atoms. The second kappa shape index (κ2) is 2.59. The molecule has 0 unspecified atom stereocenters. The standard InChI is InChI=1S/C9H11N3/c1-6(2)8-9-7(11-12-8)4-3-5-10-9/h3-6H,1-2H3,(H,11,12). The summed E-state index contributed by atoms with van der Waals surface area (Å²) in [5.74, 6) is 0.449. The topological polar surface area (TPSA) is 41.6 Å². The van der Waals surface area contributed by atoms with Crippen molar-refractivity contribution in [2.75, 3.05) is 0 Å². The molecule has 0 fully saturated rings. The van der Waals surface area contributed by atoms with Crippen LogP contribution < -0.4 is 0 Å². The smallest absolute Gasteiger partial charge is 0.111 e. The normalized spacial score (nSPS) is 11.2. The molecule has 0 atom stereocenters. The predicted molar refractivity (Wildman–Crippen MR) is 48.0 cm³/mol. The maximum Gasteiger partial charge on any atom is 0.111 e. The third-order valence-corrected chi connectivity index (χ3v) is 1.92. The molecule has 0 saturated heterocycles. The maximum absolute atomic E-state index is 4.27. The lowest BCUT2D eigenvalue weighted by Crippen LogP contribution is -1.88. The first-order valence-electron chi connectivity index (χ1n) is 4.08. The first kappa shape index (κ1) is 7.28. The van der Waals surface area contributed by atoms with E-state index in [4.69, 9.17) is 0 Å². The van der Waals surface area contributed by atoms with E-state index in [1.807, 2.05) is 12.1 Å². The summed E-state index contributed by atoms with van der Waals surface area (Å²) in [5, 5.41) is 7.15. The van der Waals surface area contributed by atoms with E-state index in [9.17, 15) is 0 Å². The zero-order valence-electron chi connectivity index (χ0n) is 7.20. The summed E-state index contributed by atoms with van der Waals surface area (Å²) >= 11 is 0. The van der Waals surface area contributed by atoms with Crippen molar-refractivity contribution in [3.8, 4) is 0 Å². The SMILES string of the molecule is CC(C)c1[nH]nc2cccnc12. The fourth-order valence-corrected chi connectivity index (χ4v) is 1.27. The van der Waals surface area contributed by atoms with Crippen LogP contribution in [0.1, 0.15) is 25.5 Å². The van der Waals surface area contributed by atoms with E-state index in [0.717, 1.165) is 16.7 Å². The summed E-state index contributed by atoms with van der Waals surface area (Å²) in [4.78, 5) is 4.27. The van der Waals surface area contributed by atoms with Crippen molar-refractivity contribution in [2.24, 2.45) is 0 Å². The number of aromatic amines is 1. The van der Waals surface area contributed by atoms with Crippen LogP contribution in [0, 0.1) is 0 Å². The molecular weight excluding hydrogens is 150 g/mol. The summed E-state index contributed by atoms with van der Waals surface area (Å²) in [6.07, 6.45) is 1.80. The van der Waals surface area contributed by atoms with E-state index in [0.29, 0.717) is 5.92 Å². The third kappa shape index (κ3) is 0.978. The first-order valence-corrected chi connectivity index (χ1v) is 4.08. The van der Waals surface area contributed by atoms with Gasteiger partial charge in [-0.15, -0.1) is 0 Å². The number of hydrogen-bond acceptors (Lipinski definition) is 2. The molecule has 0 saturated carbocycles. The van der Waals surface area contributed by atoms with E-state index in [-0.39, 0.29) is 0 Å². The minimum absolute atomic E-state index is 0.449. The van der Waals surface area contributed by atoms with Crippen LogP contribution in [0.4, 0.5) is 0 Å². The molecule has 2 heterocycles. The Labute approximate surface area is 70.8 Å². The van der Waals surface area contributed by atoms with Crippen molar-refractivity contribution in [1.29, 1.82) is 0 Å². The monoisotopic (exact) mass is 161 g/mol. The van der Waals surface area contributed by atoms with Gasteiger partial charge in [0.05, 0.1) is 5.69 Å². The Morgan fingerprint density at radius 2 is 2.25 bits per heavy atom. The lowest BCUT2D eigenvalue weighted by Gasteiger charge is -1.98. The van der Waals surface area contributed by atoms with Gasteiger partial charge in [-0.1, -0.05) is 13.8 Å². The van der Waals surface area contributed by atoms with Crippen LogP contribution in [0.2, 0.25) is 0 Å². The number of hydrogen-bond donors (Lipinski definition) is 1. The van der Waals surface area contributed by atoms with Gasteiger partial charge >= 0.3 is 0 Å². The quantitative estimate of drug-likeness (QED) is 0.695. The first-order chi connectivity index (χ1) is 5.79. The van der Waals surface area contributed by atoms with Gasteiger partial charge in [0, 0.05) is 6.20 Å². The summed E-state index contributed by atoms with van der Waals surface area (Å²) in [5.41, 5.74) is 3.05. The molecule has 0 aliphatic rings. The molecule has 0 aromatic carbocycles. The van der Waals surface area contributed by atoms with Crippen molar-refractivity contribution >= 4 is 11.0 Å². The minimum Gasteiger partial charge on any atom is -0.279 e. The third-order valence-electron chi connectivity index (χ3n) is 1.92. The largest absolute Gasteiger partial charge is 0.279 e. The molecule has 2 aromatic rings. The number of nitrogens with one attached hydrogen (secondary N) is 1. The van der Waals surface area contributed by atoms with Crippen molar-refractivity contribution in [2.45, 2.75) is 19.8 Å². The Morgan fingerprint density at radius 1 is 1.42 bits per heavy atom. The van der Waals surface area contributed by atoms with E-state index >= 15 is 0 Å². The van der Waals surface area contributed by atoms with Crippen LogP contribution in [0.5, 0.6) is 0 Å². The van der Waals surface area contributed by atoms with Gasteiger partial charge in [-0.3, -0.25) is 10.1 Å². The molecule has 62 valence electrons. The van der Waals surface area contributed by atoms with Gasteiger partial charge in [-0.2, -0.15) is 5.10 Å². The highest BCUT2D eigenvalue weighted by molar-refractivity contribution is 5.76. The molecule has 3 heteroatoms. The van der Waals surface area contributed by atoms with Crippen LogP contribution in [0.25, 0.3) is 11.0 Å². The molecule has 0 aliphatic heterocycles. The average Bonchev–Trinajstić information content (AvgIpc) is 2.47. The number of fused-ring (bicyclic) bond motifs is 1. The average molecular weight is 161 g/mol. The van der Waals surface area contributed by atoms with E-state index in [1.165, 1.54) is 0 Å². The van der Waals surface area contributed by atoms with Gasteiger partial charge in [0.2, 0.25) is 0 Å². The zero-order valence-corrected chi connectivity index (χ0v) is 7.20. The van der Waals surface area contributed by atoms with E-state index < -0.39 is 0 Å². The number of rotatable bonds is 1. The van der Waals surface area contributed by atoms with Gasteiger partial charge in [-0.05, 0) is 18.1 Å². The Hall–Kier alpha value is -1.38. The number of pyridine rings is 1. The Balaban J connectivity index is 2.70. The molecule has 2 rings (SSSR count). The van der Waals surface area contributed by atoms with E-state index in [1.54, 1.807) is 6.20 Å². The molecule has 0 aliphatic carbocycles. The van der Waals surface area contributed by atoms with Gasteiger partial charge in [0.1, 0.15) is 11.0 Å². The molecule has 3 nitrogen and oxygen atoms in total. The highest BCUT2D eigenvalue weighted by Crippen LogP contribution is 2.19. The fourth-order valence-electron chi connectivity index (χ4n) is 1.27. The second-order valence-electron chi connectivity index (χ2n) is 3.16. The van der Waals surface area contributed by atoms with Crippen molar-refractivity contribution in [1.82, 2.24) is 15.2 Å². The van der Waals surface area contributed by atoms with Gasteiger partial charge in [0.15, 0.2) is 0 Å². The number of aromatic nitrogens is 3. The molecule has 0 spiro atoms. The van der Waals surface area contributed by atoms with Crippen LogP contribution in [0.15, 0.2) is 18.3 Å².